The van der Waals surface area contributed by atoms with Crippen LogP contribution >= 0.6 is 0 Å². The second-order valence-corrected chi connectivity index (χ2v) is 9.42. The van der Waals surface area contributed by atoms with E-state index in [4.69, 9.17) is 10.1 Å². The van der Waals surface area contributed by atoms with E-state index in [0.717, 1.165) is 60.0 Å². The first-order chi connectivity index (χ1) is 18.2. The molecule has 1 fully saturated rings. The third-order valence-corrected chi connectivity index (χ3v) is 6.81. The van der Waals surface area contributed by atoms with Crippen LogP contribution in [0.25, 0.3) is 22.3 Å². The Hall–Kier alpha value is -4.30. The lowest BCUT2D eigenvalue weighted by molar-refractivity contribution is 0.581. The second-order valence-electron chi connectivity index (χ2n) is 9.42. The Kier molecular flexibility index (Phi) is 6.47. The van der Waals surface area contributed by atoms with E-state index in [-0.39, 0.29) is 0 Å². The van der Waals surface area contributed by atoms with Crippen molar-refractivity contribution in [3.05, 3.63) is 95.7 Å². The molecule has 1 saturated heterocycles. The minimum Gasteiger partial charge on any atom is -0.351 e. The van der Waals surface area contributed by atoms with Gasteiger partial charge in [0, 0.05) is 50.2 Å². The fourth-order valence-corrected chi connectivity index (χ4v) is 4.83. The highest BCUT2D eigenvalue weighted by Gasteiger charge is 2.24. The van der Waals surface area contributed by atoms with E-state index in [2.05, 4.69) is 85.0 Å². The molecule has 3 aromatic carbocycles. The molecule has 0 bridgehead atoms. The topological polar surface area (TPSA) is 85.9 Å². The summed E-state index contributed by atoms with van der Waals surface area (Å²) < 4.78 is 0. The van der Waals surface area contributed by atoms with E-state index in [0.29, 0.717) is 18.9 Å². The van der Waals surface area contributed by atoms with Crippen molar-refractivity contribution in [2.24, 2.45) is 0 Å². The highest BCUT2D eigenvalue weighted by atomic mass is 15.4. The van der Waals surface area contributed by atoms with E-state index in [1.165, 1.54) is 11.1 Å². The summed E-state index contributed by atoms with van der Waals surface area (Å²) in [5, 5.41) is 21.4. The Bertz CT molecular complexity index is 1430. The molecular weight excluding hydrogens is 460 g/mol. The third kappa shape index (κ3) is 5.01. The number of nitrogens with zero attached hydrogens (tertiary/aromatic N) is 6. The smallest absolute Gasteiger partial charge is 0.195 e. The number of hydrogen-bond acceptors (Lipinski definition) is 7. The van der Waals surface area contributed by atoms with Crippen LogP contribution in [0, 0.1) is 6.92 Å². The molecule has 2 aromatic heterocycles. The molecular formula is C29H30N8. The summed E-state index contributed by atoms with van der Waals surface area (Å²) in [6.45, 7) is 7.00. The van der Waals surface area contributed by atoms with Gasteiger partial charge in [-0.25, -0.2) is 4.98 Å². The molecule has 0 saturated carbocycles. The second kappa shape index (κ2) is 10.4. The highest BCUT2D eigenvalue weighted by molar-refractivity contribution is 5.85. The number of H-pyrrole nitrogens is 1. The zero-order chi connectivity index (χ0) is 25.0. The average molecular weight is 491 g/mol. The minimum absolute atomic E-state index is 0.624. The monoisotopic (exact) mass is 490 g/mol. The van der Waals surface area contributed by atoms with Gasteiger partial charge in [-0.05, 0) is 36.2 Å². The van der Waals surface area contributed by atoms with Gasteiger partial charge >= 0.3 is 0 Å². The van der Waals surface area contributed by atoms with Gasteiger partial charge in [0.25, 0.3) is 0 Å². The van der Waals surface area contributed by atoms with Crippen LogP contribution in [0.1, 0.15) is 16.8 Å². The largest absolute Gasteiger partial charge is 0.351 e. The molecule has 2 N–H and O–H groups in total. The maximum atomic E-state index is 5.14. The van der Waals surface area contributed by atoms with Crippen LogP contribution in [0.3, 0.4) is 0 Å². The van der Waals surface area contributed by atoms with Crippen LogP contribution in [-0.2, 0) is 13.1 Å². The van der Waals surface area contributed by atoms with Gasteiger partial charge in [0.1, 0.15) is 0 Å². The van der Waals surface area contributed by atoms with E-state index in [9.17, 15) is 0 Å². The van der Waals surface area contributed by atoms with Gasteiger partial charge in [-0.3, -0.25) is 5.10 Å². The Morgan fingerprint density at radius 3 is 2.19 bits per heavy atom. The number of benzene rings is 3. The summed E-state index contributed by atoms with van der Waals surface area (Å²) >= 11 is 0. The highest BCUT2D eigenvalue weighted by Crippen LogP contribution is 2.31. The van der Waals surface area contributed by atoms with Gasteiger partial charge in [0.05, 0.1) is 11.2 Å². The Labute approximate surface area is 216 Å². The Morgan fingerprint density at radius 2 is 1.51 bits per heavy atom. The van der Waals surface area contributed by atoms with E-state index >= 15 is 0 Å². The summed E-state index contributed by atoms with van der Waals surface area (Å²) in [5.74, 6) is 2.31. The van der Waals surface area contributed by atoms with Crippen LogP contribution in [0.15, 0.2) is 78.9 Å². The van der Waals surface area contributed by atoms with Crippen molar-refractivity contribution in [2.45, 2.75) is 20.0 Å². The van der Waals surface area contributed by atoms with Crippen molar-refractivity contribution in [3.63, 3.8) is 0 Å². The predicted octanol–water partition coefficient (Wildman–Crippen LogP) is 4.34. The lowest BCUT2D eigenvalue weighted by atomic mass is 10.1. The molecule has 0 amide bonds. The molecule has 8 nitrogen and oxygen atoms in total. The van der Waals surface area contributed by atoms with Crippen molar-refractivity contribution in [1.82, 2.24) is 30.7 Å². The molecule has 6 rings (SSSR count). The minimum atomic E-state index is 0.624. The molecule has 0 unspecified atom stereocenters. The molecule has 186 valence electrons. The van der Waals surface area contributed by atoms with Gasteiger partial charge in [-0.1, -0.05) is 60.7 Å². The normalized spacial score (nSPS) is 13.7. The zero-order valence-electron chi connectivity index (χ0n) is 20.9. The number of piperazine rings is 1. The predicted molar refractivity (Wildman–Crippen MR) is 148 cm³/mol. The van der Waals surface area contributed by atoms with E-state index in [1.807, 2.05) is 31.2 Å². The SMILES string of the molecule is Cc1n[nH]c2ccc(-c3nnc(N(Cc4ccccc4)Cc4ccccc4)c(N4CCNCC4)n3)cc12. The number of anilines is 2. The zero-order valence-corrected chi connectivity index (χ0v) is 20.9. The standard InChI is InChI=1S/C29H30N8/c1-21-25-18-24(12-13-26(25)33-32-21)27-31-28(36-16-14-30-15-17-36)29(35-34-27)37(19-22-8-4-2-5-9-22)20-23-10-6-3-7-11-23/h2-13,18,30H,14-17,19-20H2,1H3,(H,32,33). The average Bonchev–Trinajstić information content (AvgIpc) is 3.34. The summed E-state index contributed by atoms with van der Waals surface area (Å²) in [6.07, 6.45) is 0. The molecule has 1 aliphatic heterocycles. The molecule has 0 aliphatic carbocycles. The van der Waals surface area contributed by atoms with Crippen molar-refractivity contribution < 1.29 is 0 Å². The van der Waals surface area contributed by atoms with Crippen LogP contribution in [0.2, 0.25) is 0 Å². The van der Waals surface area contributed by atoms with Crippen molar-refractivity contribution in [2.75, 3.05) is 36.0 Å². The lowest BCUT2D eigenvalue weighted by Crippen LogP contribution is -2.44. The first-order valence-electron chi connectivity index (χ1n) is 12.7. The first kappa shape index (κ1) is 23.1. The maximum absolute atomic E-state index is 5.14. The first-order valence-corrected chi connectivity index (χ1v) is 12.7. The lowest BCUT2D eigenvalue weighted by Gasteiger charge is -2.33. The van der Waals surface area contributed by atoms with Crippen molar-refractivity contribution in [1.29, 1.82) is 0 Å². The van der Waals surface area contributed by atoms with E-state index < -0.39 is 0 Å². The van der Waals surface area contributed by atoms with Crippen LogP contribution < -0.4 is 15.1 Å². The number of fused-ring (bicyclic) bond motifs is 1. The number of aromatic nitrogens is 5. The van der Waals surface area contributed by atoms with E-state index in [1.54, 1.807) is 0 Å². The number of aryl methyl sites for hydroxylation is 1. The molecule has 0 spiro atoms. The fraction of sp³-hybridized carbons (Fsp3) is 0.241. The third-order valence-electron chi connectivity index (χ3n) is 6.81. The number of nitrogens with one attached hydrogen (secondary N) is 2. The van der Waals surface area contributed by atoms with Crippen molar-refractivity contribution >= 4 is 22.5 Å². The van der Waals surface area contributed by atoms with Crippen molar-refractivity contribution in [3.8, 4) is 11.4 Å². The van der Waals surface area contributed by atoms with Crippen LogP contribution in [0.4, 0.5) is 11.6 Å². The number of hydrogen-bond donors (Lipinski definition) is 2. The van der Waals surface area contributed by atoms with Crippen LogP contribution in [0.5, 0.6) is 0 Å². The van der Waals surface area contributed by atoms with Gasteiger partial charge in [-0.2, -0.15) is 5.10 Å². The Balaban J connectivity index is 1.44. The fourth-order valence-electron chi connectivity index (χ4n) is 4.83. The van der Waals surface area contributed by atoms with Gasteiger partial charge in [-0.15, -0.1) is 10.2 Å². The van der Waals surface area contributed by atoms with Crippen LogP contribution in [-0.4, -0.2) is 51.6 Å². The summed E-state index contributed by atoms with van der Waals surface area (Å²) in [6, 6.07) is 27.2. The Morgan fingerprint density at radius 1 is 0.838 bits per heavy atom. The summed E-state index contributed by atoms with van der Waals surface area (Å²) in [7, 11) is 0. The van der Waals surface area contributed by atoms with Gasteiger partial charge in [0.15, 0.2) is 17.5 Å². The molecule has 37 heavy (non-hydrogen) atoms. The molecule has 3 heterocycles. The quantitative estimate of drug-likeness (QED) is 0.351. The maximum Gasteiger partial charge on any atom is 0.195 e. The molecule has 5 aromatic rings. The number of rotatable bonds is 7. The van der Waals surface area contributed by atoms with Gasteiger partial charge in [0.2, 0.25) is 0 Å². The molecule has 0 radical (unpaired) electrons. The summed E-state index contributed by atoms with van der Waals surface area (Å²) in [4.78, 5) is 9.76. The van der Waals surface area contributed by atoms with Gasteiger partial charge < -0.3 is 15.1 Å². The number of aromatic amines is 1. The molecule has 0 atom stereocenters. The summed E-state index contributed by atoms with van der Waals surface area (Å²) in [5.41, 5.74) is 5.34. The molecule has 8 heteroatoms. The molecule has 1 aliphatic rings.